The molecule has 3 aromatic rings. The number of para-hydroxylation sites is 1. The molecule has 0 atom stereocenters. The summed E-state index contributed by atoms with van der Waals surface area (Å²) < 4.78 is 2.26. The summed E-state index contributed by atoms with van der Waals surface area (Å²) in [4.78, 5) is 0. The summed E-state index contributed by atoms with van der Waals surface area (Å²) in [6, 6.07) is 16.5. The van der Waals surface area contributed by atoms with E-state index >= 15 is 0 Å². The summed E-state index contributed by atoms with van der Waals surface area (Å²) in [5.41, 5.74) is 3.10. The molecule has 0 aliphatic rings. The van der Waals surface area contributed by atoms with Gasteiger partial charge in [-0.3, -0.25) is 0 Å². The molecular formula is C15H12N2. The summed E-state index contributed by atoms with van der Waals surface area (Å²) in [6.45, 7) is 3.05. The van der Waals surface area contributed by atoms with Crippen molar-refractivity contribution in [2.45, 2.75) is 13.5 Å². The Morgan fingerprint density at radius 2 is 1.82 bits per heavy atom. The molecule has 1 heterocycles. The lowest BCUT2D eigenvalue weighted by Crippen LogP contribution is -1.92. The first-order valence-electron chi connectivity index (χ1n) is 5.76. The lowest BCUT2D eigenvalue weighted by atomic mass is 10.1. The summed E-state index contributed by atoms with van der Waals surface area (Å²) in [5.74, 6) is 0. The third-order valence-electron chi connectivity index (χ3n) is 3.22. The van der Waals surface area contributed by atoms with Gasteiger partial charge in [0.15, 0.2) is 0 Å². The smallest absolute Gasteiger partial charge is 0.0992 e. The average molecular weight is 220 g/mol. The van der Waals surface area contributed by atoms with Gasteiger partial charge in [-0.25, -0.2) is 0 Å². The van der Waals surface area contributed by atoms with Crippen LogP contribution in [0.2, 0.25) is 0 Å². The van der Waals surface area contributed by atoms with E-state index in [0.29, 0.717) is 0 Å². The Hall–Kier alpha value is -2.27. The molecule has 0 unspecified atom stereocenters. The fraction of sp³-hybridized carbons (Fsp3) is 0.133. The van der Waals surface area contributed by atoms with Gasteiger partial charge < -0.3 is 4.57 Å². The van der Waals surface area contributed by atoms with Crippen LogP contribution in [0.4, 0.5) is 0 Å². The van der Waals surface area contributed by atoms with Crippen LogP contribution in [-0.2, 0) is 6.54 Å². The zero-order valence-corrected chi connectivity index (χ0v) is 9.64. The number of hydrogen-bond acceptors (Lipinski definition) is 1. The van der Waals surface area contributed by atoms with E-state index in [9.17, 15) is 0 Å². The molecule has 0 bridgehead atoms. The Kier molecular flexibility index (Phi) is 2.12. The maximum Gasteiger partial charge on any atom is 0.0992 e. The standard InChI is InChI=1S/C15H12N2/c1-2-17-14-6-4-3-5-12(14)13-8-7-11(10-16)9-15(13)17/h3-9H,2H2,1H3. The quantitative estimate of drug-likeness (QED) is 0.615. The number of aromatic nitrogens is 1. The third-order valence-corrected chi connectivity index (χ3v) is 3.22. The van der Waals surface area contributed by atoms with E-state index in [1.165, 1.54) is 16.3 Å². The summed E-state index contributed by atoms with van der Waals surface area (Å²) >= 11 is 0. The summed E-state index contributed by atoms with van der Waals surface area (Å²) in [6.07, 6.45) is 0. The predicted molar refractivity (Wildman–Crippen MR) is 69.8 cm³/mol. The molecule has 0 spiro atoms. The molecule has 0 saturated heterocycles. The van der Waals surface area contributed by atoms with Gasteiger partial charge in [-0.2, -0.15) is 5.26 Å². The average Bonchev–Trinajstić information content (AvgIpc) is 2.71. The van der Waals surface area contributed by atoms with Crippen molar-refractivity contribution in [1.29, 1.82) is 5.26 Å². The zero-order chi connectivity index (χ0) is 11.8. The molecular weight excluding hydrogens is 208 g/mol. The van der Waals surface area contributed by atoms with Crippen molar-refractivity contribution in [2.75, 3.05) is 0 Å². The molecule has 2 heteroatoms. The Morgan fingerprint density at radius 3 is 2.59 bits per heavy atom. The molecule has 1 aromatic heterocycles. The largest absolute Gasteiger partial charge is 0.341 e. The summed E-state index contributed by atoms with van der Waals surface area (Å²) in [5, 5.41) is 11.5. The van der Waals surface area contributed by atoms with Crippen molar-refractivity contribution in [1.82, 2.24) is 4.57 Å². The number of aryl methyl sites for hydroxylation is 1. The highest BCUT2D eigenvalue weighted by molar-refractivity contribution is 6.08. The Balaban J connectivity index is 2.55. The topological polar surface area (TPSA) is 28.7 Å². The van der Waals surface area contributed by atoms with Crippen LogP contribution in [0, 0.1) is 11.3 Å². The number of hydrogen-bond donors (Lipinski definition) is 0. The lowest BCUT2D eigenvalue weighted by molar-refractivity contribution is 0.827. The Labute approximate surface area is 99.7 Å². The highest BCUT2D eigenvalue weighted by atomic mass is 15.0. The molecule has 0 aliphatic carbocycles. The van der Waals surface area contributed by atoms with Gasteiger partial charge in [-0.1, -0.05) is 24.3 Å². The van der Waals surface area contributed by atoms with Crippen LogP contribution in [0.5, 0.6) is 0 Å². The van der Waals surface area contributed by atoms with Crippen molar-refractivity contribution in [3.05, 3.63) is 48.0 Å². The number of benzene rings is 2. The van der Waals surface area contributed by atoms with Crippen LogP contribution in [0.1, 0.15) is 12.5 Å². The SMILES string of the molecule is CCn1c2ccccc2c2ccc(C#N)cc21. The molecule has 17 heavy (non-hydrogen) atoms. The normalized spacial score (nSPS) is 10.8. The second kappa shape index (κ2) is 3.64. The van der Waals surface area contributed by atoms with Gasteiger partial charge >= 0.3 is 0 Å². The van der Waals surface area contributed by atoms with E-state index in [1.54, 1.807) is 0 Å². The second-order valence-electron chi connectivity index (χ2n) is 4.11. The maximum absolute atomic E-state index is 8.98. The first-order valence-corrected chi connectivity index (χ1v) is 5.76. The van der Waals surface area contributed by atoms with E-state index < -0.39 is 0 Å². The molecule has 0 amide bonds. The highest BCUT2D eigenvalue weighted by Crippen LogP contribution is 2.29. The lowest BCUT2D eigenvalue weighted by Gasteiger charge is -2.02. The van der Waals surface area contributed by atoms with Gasteiger partial charge in [0.05, 0.1) is 17.1 Å². The highest BCUT2D eigenvalue weighted by Gasteiger charge is 2.08. The Morgan fingerprint density at radius 1 is 1.06 bits per heavy atom. The first kappa shape index (κ1) is 9.92. The molecule has 0 aliphatic heterocycles. The van der Waals surface area contributed by atoms with E-state index in [4.69, 9.17) is 5.26 Å². The van der Waals surface area contributed by atoms with Gasteiger partial charge in [-0.15, -0.1) is 0 Å². The molecule has 0 N–H and O–H groups in total. The predicted octanol–water partition coefficient (Wildman–Crippen LogP) is 3.69. The third kappa shape index (κ3) is 1.33. The van der Waals surface area contributed by atoms with Gasteiger partial charge in [-0.05, 0) is 25.1 Å². The van der Waals surface area contributed by atoms with E-state index in [-0.39, 0.29) is 0 Å². The minimum Gasteiger partial charge on any atom is -0.341 e. The van der Waals surface area contributed by atoms with Crippen LogP contribution in [0.3, 0.4) is 0 Å². The molecule has 0 saturated carbocycles. The van der Waals surface area contributed by atoms with Crippen LogP contribution in [-0.4, -0.2) is 4.57 Å². The second-order valence-corrected chi connectivity index (χ2v) is 4.11. The van der Waals surface area contributed by atoms with Gasteiger partial charge in [0.1, 0.15) is 0 Å². The van der Waals surface area contributed by atoms with Gasteiger partial charge in [0.2, 0.25) is 0 Å². The fourth-order valence-electron chi connectivity index (χ4n) is 2.46. The van der Waals surface area contributed by atoms with Crippen molar-refractivity contribution < 1.29 is 0 Å². The van der Waals surface area contributed by atoms with Gasteiger partial charge in [0, 0.05) is 22.8 Å². The van der Waals surface area contributed by atoms with E-state index in [0.717, 1.165) is 17.6 Å². The van der Waals surface area contributed by atoms with Crippen LogP contribution in [0.25, 0.3) is 21.8 Å². The monoisotopic (exact) mass is 220 g/mol. The number of rotatable bonds is 1. The first-order chi connectivity index (χ1) is 8.35. The molecule has 2 nitrogen and oxygen atoms in total. The number of fused-ring (bicyclic) bond motifs is 3. The van der Waals surface area contributed by atoms with Crippen molar-refractivity contribution >= 4 is 21.8 Å². The fourth-order valence-corrected chi connectivity index (χ4v) is 2.46. The van der Waals surface area contributed by atoms with Crippen molar-refractivity contribution in [3.8, 4) is 6.07 Å². The molecule has 0 fully saturated rings. The summed E-state index contributed by atoms with van der Waals surface area (Å²) in [7, 11) is 0. The van der Waals surface area contributed by atoms with Crippen LogP contribution < -0.4 is 0 Å². The molecule has 2 aromatic carbocycles. The van der Waals surface area contributed by atoms with Gasteiger partial charge in [0.25, 0.3) is 0 Å². The molecule has 82 valence electrons. The van der Waals surface area contributed by atoms with Crippen LogP contribution >= 0.6 is 0 Å². The van der Waals surface area contributed by atoms with E-state index in [2.05, 4.69) is 41.8 Å². The van der Waals surface area contributed by atoms with Crippen molar-refractivity contribution in [2.24, 2.45) is 0 Å². The minimum atomic E-state index is 0.718. The van der Waals surface area contributed by atoms with Crippen molar-refractivity contribution in [3.63, 3.8) is 0 Å². The van der Waals surface area contributed by atoms with Crippen LogP contribution in [0.15, 0.2) is 42.5 Å². The number of nitrogens with zero attached hydrogens (tertiary/aromatic N) is 2. The molecule has 0 radical (unpaired) electrons. The maximum atomic E-state index is 8.98. The minimum absolute atomic E-state index is 0.718. The zero-order valence-electron chi connectivity index (χ0n) is 9.64. The van der Waals surface area contributed by atoms with E-state index in [1.807, 2.05) is 18.2 Å². The molecule has 3 rings (SSSR count). The number of nitriles is 1. The Bertz CT molecular complexity index is 745.